The largest absolute Gasteiger partial charge is 0.469 e. The van der Waals surface area contributed by atoms with Gasteiger partial charge in [0.2, 0.25) is 17.7 Å². The van der Waals surface area contributed by atoms with Crippen LogP contribution < -0.4 is 15.1 Å². The van der Waals surface area contributed by atoms with E-state index >= 15 is 0 Å². The van der Waals surface area contributed by atoms with E-state index in [-0.39, 0.29) is 23.2 Å². The number of carbonyl (C=O) groups is 3. The number of fused-ring (bicyclic) bond motifs is 2. The van der Waals surface area contributed by atoms with Crippen LogP contribution in [0.4, 0.5) is 15.8 Å². The number of nitrogens with one attached hydrogen (secondary N) is 1. The lowest BCUT2D eigenvalue weighted by Crippen LogP contribution is -2.32. The first-order chi connectivity index (χ1) is 18.3. The van der Waals surface area contributed by atoms with E-state index in [4.69, 9.17) is 4.42 Å². The Morgan fingerprint density at radius 1 is 1.03 bits per heavy atom. The number of amides is 3. The lowest BCUT2D eigenvalue weighted by molar-refractivity contribution is -0.122. The second kappa shape index (κ2) is 9.41. The van der Waals surface area contributed by atoms with E-state index in [1.165, 1.54) is 40.0 Å². The highest BCUT2D eigenvalue weighted by Gasteiger charge is 2.57. The summed E-state index contributed by atoms with van der Waals surface area (Å²) in [5, 5.41) is 2.32. The molecule has 0 bridgehead atoms. The average molecular weight is 550 g/mol. The molecule has 0 aliphatic carbocycles. The highest BCUT2D eigenvalue weighted by molar-refractivity contribution is 8.00. The molecule has 6 rings (SSSR count). The molecule has 2 aromatic heterocycles. The van der Waals surface area contributed by atoms with Crippen molar-refractivity contribution in [1.82, 2.24) is 4.57 Å². The number of anilines is 2. The van der Waals surface area contributed by atoms with E-state index in [0.717, 1.165) is 28.7 Å². The monoisotopic (exact) mass is 549 g/mol. The third-order valence-electron chi connectivity index (χ3n) is 6.62. The van der Waals surface area contributed by atoms with E-state index in [0.29, 0.717) is 27.0 Å². The molecule has 0 unspecified atom stereocenters. The number of halogens is 1. The summed E-state index contributed by atoms with van der Waals surface area (Å²) in [6.07, 6.45) is 1.49. The number of imide groups is 1. The summed E-state index contributed by atoms with van der Waals surface area (Å²) in [6, 6.07) is 15.9. The Hall–Kier alpha value is -3.96. The van der Waals surface area contributed by atoms with E-state index in [2.05, 4.69) is 5.32 Å². The van der Waals surface area contributed by atoms with Crippen LogP contribution in [-0.2, 0) is 20.9 Å². The van der Waals surface area contributed by atoms with Crippen LogP contribution >= 0.6 is 23.1 Å². The van der Waals surface area contributed by atoms with Crippen molar-refractivity contribution in [2.75, 3.05) is 10.2 Å². The molecule has 4 aromatic rings. The molecule has 2 aromatic carbocycles. The summed E-state index contributed by atoms with van der Waals surface area (Å²) >= 11 is 2.07. The standard InChI is InChI=1S/C27H20FN3O5S2/c1-14-4-10-17(11-5-14)31-24(33)21-20(18-3-2-12-36-18)23-26(37-22(21)25(31)34)30(27(35)38-23)13-19(32)29-16-8-6-15(28)7-9-16/h2-12,20-22H,13H2,1H3,(H,29,32)/t20-,21-,22+/m0/s1. The molecule has 2 aliphatic heterocycles. The Labute approximate surface area is 224 Å². The van der Waals surface area contributed by atoms with Crippen molar-refractivity contribution in [2.45, 2.75) is 29.7 Å². The maximum Gasteiger partial charge on any atom is 0.308 e. The number of thioether (sulfide) groups is 1. The Balaban J connectivity index is 1.38. The maximum atomic E-state index is 13.7. The van der Waals surface area contributed by atoms with Gasteiger partial charge in [0.25, 0.3) is 0 Å². The number of rotatable bonds is 5. The summed E-state index contributed by atoms with van der Waals surface area (Å²) in [4.78, 5) is 54.6. The highest BCUT2D eigenvalue weighted by atomic mass is 32.2. The summed E-state index contributed by atoms with van der Waals surface area (Å²) in [7, 11) is 0. The number of furan rings is 1. The van der Waals surface area contributed by atoms with Gasteiger partial charge in [0, 0.05) is 5.69 Å². The van der Waals surface area contributed by atoms with Crippen molar-refractivity contribution in [3.63, 3.8) is 0 Å². The van der Waals surface area contributed by atoms with Gasteiger partial charge in [-0.05, 0) is 55.5 Å². The minimum Gasteiger partial charge on any atom is -0.469 e. The first kappa shape index (κ1) is 24.4. The Morgan fingerprint density at radius 2 is 1.76 bits per heavy atom. The highest BCUT2D eigenvalue weighted by Crippen LogP contribution is 2.53. The number of aromatic nitrogens is 1. The van der Waals surface area contributed by atoms with Crippen LogP contribution in [0, 0.1) is 18.7 Å². The normalized spacial score (nSPS) is 20.4. The molecule has 38 heavy (non-hydrogen) atoms. The van der Waals surface area contributed by atoms with Gasteiger partial charge in [-0.15, -0.1) is 0 Å². The van der Waals surface area contributed by atoms with Crippen molar-refractivity contribution in [3.8, 4) is 0 Å². The molecule has 2 aliphatic rings. The molecule has 1 fully saturated rings. The van der Waals surface area contributed by atoms with Crippen molar-refractivity contribution in [2.24, 2.45) is 5.92 Å². The molecule has 0 spiro atoms. The van der Waals surface area contributed by atoms with Crippen molar-refractivity contribution in [3.05, 3.63) is 98.6 Å². The fourth-order valence-corrected chi connectivity index (χ4v) is 7.61. The van der Waals surface area contributed by atoms with Gasteiger partial charge in [-0.3, -0.25) is 23.7 Å². The van der Waals surface area contributed by atoms with Gasteiger partial charge in [-0.2, -0.15) is 0 Å². The quantitative estimate of drug-likeness (QED) is 0.371. The van der Waals surface area contributed by atoms with Gasteiger partial charge < -0.3 is 9.73 Å². The second-order valence-corrected chi connectivity index (χ2v) is 11.2. The van der Waals surface area contributed by atoms with Crippen LogP contribution in [0.25, 0.3) is 0 Å². The Morgan fingerprint density at radius 3 is 2.45 bits per heavy atom. The zero-order valence-corrected chi connectivity index (χ0v) is 21.6. The summed E-state index contributed by atoms with van der Waals surface area (Å²) in [5.41, 5.74) is 1.87. The number of nitrogens with zero attached hydrogens (tertiary/aromatic N) is 2. The molecule has 0 radical (unpaired) electrons. The maximum absolute atomic E-state index is 13.7. The third kappa shape index (κ3) is 4.07. The summed E-state index contributed by atoms with van der Waals surface area (Å²) < 4.78 is 20.2. The molecule has 1 N–H and O–H groups in total. The lowest BCUT2D eigenvalue weighted by Gasteiger charge is -2.29. The van der Waals surface area contributed by atoms with Gasteiger partial charge in [-0.25, -0.2) is 9.29 Å². The number of hydrogen-bond acceptors (Lipinski definition) is 7. The van der Waals surface area contributed by atoms with E-state index in [1.807, 2.05) is 19.1 Å². The van der Waals surface area contributed by atoms with Gasteiger partial charge in [0.1, 0.15) is 23.4 Å². The van der Waals surface area contributed by atoms with Gasteiger partial charge in [0.05, 0.1) is 33.7 Å². The van der Waals surface area contributed by atoms with Crippen LogP contribution in [0.3, 0.4) is 0 Å². The van der Waals surface area contributed by atoms with Crippen LogP contribution in [0.1, 0.15) is 22.1 Å². The van der Waals surface area contributed by atoms with Crippen LogP contribution in [0.2, 0.25) is 0 Å². The molecule has 11 heteroatoms. The molecule has 3 amide bonds. The predicted molar refractivity (Wildman–Crippen MR) is 141 cm³/mol. The van der Waals surface area contributed by atoms with Crippen LogP contribution in [0.15, 0.2) is 81.2 Å². The summed E-state index contributed by atoms with van der Waals surface area (Å²) in [5.74, 6) is -2.60. The smallest absolute Gasteiger partial charge is 0.308 e. The first-order valence-corrected chi connectivity index (χ1v) is 13.4. The molecule has 3 atom stereocenters. The molecule has 8 nitrogen and oxygen atoms in total. The van der Waals surface area contributed by atoms with E-state index in [1.54, 1.807) is 24.3 Å². The number of carbonyl (C=O) groups excluding carboxylic acids is 3. The van der Waals surface area contributed by atoms with E-state index in [9.17, 15) is 23.6 Å². The van der Waals surface area contributed by atoms with Gasteiger partial charge in [-0.1, -0.05) is 40.8 Å². The molecular weight excluding hydrogens is 529 g/mol. The lowest BCUT2D eigenvalue weighted by atomic mass is 9.87. The van der Waals surface area contributed by atoms with Gasteiger partial charge >= 0.3 is 4.87 Å². The minimum atomic E-state index is -0.799. The predicted octanol–water partition coefficient (Wildman–Crippen LogP) is 4.38. The number of thiazole rings is 1. The molecule has 192 valence electrons. The SMILES string of the molecule is Cc1ccc(N2C(=O)[C@H]3[C@H](c4ccco4)c4sc(=O)n(CC(=O)Nc5ccc(F)cc5)c4S[C@H]3C2=O)cc1. The zero-order chi connectivity index (χ0) is 26.6. The molecule has 1 saturated heterocycles. The topological polar surface area (TPSA) is 102 Å². The summed E-state index contributed by atoms with van der Waals surface area (Å²) in [6.45, 7) is 1.62. The molecule has 0 saturated carbocycles. The second-order valence-electron chi connectivity index (χ2n) is 9.08. The Kier molecular flexibility index (Phi) is 6.04. The third-order valence-corrected chi connectivity index (χ3v) is 9.22. The molecular formula is C27H20FN3O5S2. The van der Waals surface area contributed by atoms with Crippen molar-refractivity contribution in [1.29, 1.82) is 0 Å². The van der Waals surface area contributed by atoms with Crippen LogP contribution in [0.5, 0.6) is 0 Å². The van der Waals surface area contributed by atoms with Crippen molar-refractivity contribution < 1.29 is 23.2 Å². The van der Waals surface area contributed by atoms with Gasteiger partial charge in [0.15, 0.2) is 0 Å². The van der Waals surface area contributed by atoms with Crippen LogP contribution in [-0.4, -0.2) is 27.5 Å². The first-order valence-electron chi connectivity index (χ1n) is 11.8. The molecule has 4 heterocycles. The fourth-order valence-electron chi connectivity index (χ4n) is 4.86. The number of benzene rings is 2. The van der Waals surface area contributed by atoms with E-state index < -0.39 is 28.8 Å². The van der Waals surface area contributed by atoms with Crippen molar-refractivity contribution >= 4 is 52.2 Å². The minimum absolute atomic E-state index is 0.304. The number of hydrogen-bond donors (Lipinski definition) is 1. The average Bonchev–Trinajstić information content (AvgIpc) is 3.59. The fraction of sp³-hybridized carbons (Fsp3) is 0.185. The zero-order valence-electron chi connectivity index (χ0n) is 19.9. The Bertz CT molecular complexity index is 1610. The number of aryl methyl sites for hydroxylation is 1.